The number of benzene rings is 3. The summed E-state index contributed by atoms with van der Waals surface area (Å²) in [6.45, 7) is 2.08. The van der Waals surface area contributed by atoms with Crippen LogP contribution in [-0.2, 0) is 6.54 Å². The van der Waals surface area contributed by atoms with Gasteiger partial charge in [-0.3, -0.25) is 14.6 Å². The van der Waals surface area contributed by atoms with Crippen molar-refractivity contribution in [2.45, 2.75) is 19.5 Å². The number of carbonyl (C=O) groups is 1. The fraction of sp³-hybridized carbons (Fsp3) is 0.100. The van der Waals surface area contributed by atoms with Gasteiger partial charge in [0, 0.05) is 24.0 Å². The number of para-hydroxylation sites is 1. The molecule has 1 aliphatic rings. The van der Waals surface area contributed by atoms with Crippen molar-refractivity contribution in [3.63, 3.8) is 0 Å². The van der Waals surface area contributed by atoms with Crippen molar-refractivity contribution in [2.24, 2.45) is 0 Å². The third-order valence-electron chi connectivity index (χ3n) is 6.48. The molecule has 0 aliphatic carbocycles. The summed E-state index contributed by atoms with van der Waals surface area (Å²) in [5.74, 6) is 0.965. The van der Waals surface area contributed by atoms with Crippen molar-refractivity contribution >= 4 is 28.5 Å². The van der Waals surface area contributed by atoms with Crippen LogP contribution in [-0.4, -0.2) is 15.8 Å². The summed E-state index contributed by atoms with van der Waals surface area (Å²) in [7, 11) is 0. The summed E-state index contributed by atoms with van der Waals surface area (Å²) in [4.78, 5) is 33.4. The van der Waals surface area contributed by atoms with E-state index in [1.54, 1.807) is 29.4 Å². The van der Waals surface area contributed by atoms with E-state index in [0.717, 1.165) is 16.7 Å². The Kier molecular flexibility index (Phi) is 5.74. The largest absolute Gasteiger partial charge is 0.457 e. The van der Waals surface area contributed by atoms with Crippen LogP contribution in [0.3, 0.4) is 0 Å². The summed E-state index contributed by atoms with van der Waals surface area (Å²) in [5, 5.41) is 0.804. The number of ether oxygens (including phenoxy) is 1. The number of aromatic nitrogens is 1. The van der Waals surface area contributed by atoms with Gasteiger partial charge >= 0.3 is 0 Å². The van der Waals surface area contributed by atoms with Gasteiger partial charge in [-0.1, -0.05) is 48.0 Å². The molecule has 6 rings (SSSR count). The van der Waals surface area contributed by atoms with Crippen molar-refractivity contribution in [3.8, 4) is 11.5 Å². The lowest BCUT2D eigenvalue weighted by atomic mass is 9.98. The summed E-state index contributed by atoms with van der Waals surface area (Å²) in [6.07, 6.45) is 3.38. The van der Waals surface area contributed by atoms with Gasteiger partial charge < -0.3 is 14.1 Å². The van der Waals surface area contributed by atoms with Gasteiger partial charge in [0.2, 0.25) is 5.76 Å². The standard InChI is InChI=1S/C30H21ClN2O4/c1-18-13-25-23(15-24(18)31)28(34)26-27(20-8-5-11-22(14-20)36-21-9-3-2-4-10-21)33(30(35)29(26)37-25)17-19-7-6-12-32-16-19/h2-16,27H,17H2,1H3. The zero-order chi connectivity index (χ0) is 25.5. The van der Waals surface area contributed by atoms with E-state index >= 15 is 0 Å². The molecule has 3 heterocycles. The minimum atomic E-state index is -0.678. The molecule has 0 fully saturated rings. The third-order valence-corrected chi connectivity index (χ3v) is 6.88. The first-order valence-electron chi connectivity index (χ1n) is 11.8. The summed E-state index contributed by atoms with van der Waals surface area (Å²) < 4.78 is 12.1. The number of carbonyl (C=O) groups excluding carboxylic acids is 1. The minimum absolute atomic E-state index is 0.0440. The van der Waals surface area contributed by atoms with Crippen LogP contribution in [0.25, 0.3) is 11.0 Å². The van der Waals surface area contributed by atoms with Gasteiger partial charge in [-0.05, 0) is 66.1 Å². The predicted molar refractivity (Wildman–Crippen MR) is 141 cm³/mol. The highest BCUT2D eigenvalue weighted by Crippen LogP contribution is 2.40. The van der Waals surface area contributed by atoms with Gasteiger partial charge in [-0.25, -0.2) is 0 Å². The second kappa shape index (κ2) is 9.22. The Morgan fingerprint density at radius 1 is 0.973 bits per heavy atom. The van der Waals surface area contributed by atoms with Crippen molar-refractivity contribution in [2.75, 3.05) is 0 Å². The van der Waals surface area contributed by atoms with Crippen LogP contribution in [0.2, 0.25) is 5.02 Å². The molecule has 2 aromatic heterocycles. The lowest BCUT2D eigenvalue weighted by molar-refractivity contribution is 0.0714. The average Bonchev–Trinajstić information content (AvgIpc) is 3.18. The molecule has 0 spiro atoms. The fourth-order valence-corrected chi connectivity index (χ4v) is 4.88. The highest BCUT2D eigenvalue weighted by atomic mass is 35.5. The molecule has 182 valence electrons. The van der Waals surface area contributed by atoms with Gasteiger partial charge in [0.1, 0.15) is 17.1 Å². The monoisotopic (exact) mass is 508 g/mol. The van der Waals surface area contributed by atoms with E-state index in [1.807, 2.05) is 73.7 Å². The highest BCUT2D eigenvalue weighted by Gasteiger charge is 2.43. The van der Waals surface area contributed by atoms with E-state index in [0.29, 0.717) is 27.5 Å². The van der Waals surface area contributed by atoms with Gasteiger partial charge in [-0.2, -0.15) is 0 Å². The van der Waals surface area contributed by atoms with Crippen molar-refractivity contribution < 1.29 is 13.9 Å². The van der Waals surface area contributed by atoms with E-state index < -0.39 is 6.04 Å². The Balaban J connectivity index is 1.52. The molecular weight excluding hydrogens is 488 g/mol. The molecule has 0 radical (unpaired) electrons. The Hall–Kier alpha value is -4.42. The maximum absolute atomic E-state index is 13.8. The fourth-order valence-electron chi connectivity index (χ4n) is 4.71. The molecule has 3 aromatic carbocycles. The van der Waals surface area contributed by atoms with Crippen LogP contribution < -0.4 is 10.2 Å². The van der Waals surface area contributed by atoms with Crippen LogP contribution >= 0.6 is 11.6 Å². The number of pyridine rings is 1. The Morgan fingerprint density at radius 3 is 2.57 bits per heavy atom. The van der Waals surface area contributed by atoms with E-state index in [-0.39, 0.29) is 29.2 Å². The number of amides is 1. The zero-order valence-corrected chi connectivity index (χ0v) is 20.6. The molecule has 0 saturated carbocycles. The number of fused-ring (bicyclic) bond motifs is 2. The second-order valence-corrected chi connectivity index (χ2v) is 9.36. The SMILES string of the molecule is Cc1cc2oc3c(c(=O)c2cc1Cl)C(c1cccc(Oc2ccccc2)c1)N(Cc1cccnc1)C3=O. The number of halogens is 1. The second-order valence-electron chi connectivity index (χ2n) is 8.96. The van der Waals surface area contributed by atoms with Crippen LogP contribution in [0.5, 0.6) is 11.5 Å². The molecule has 5 aromatic rings. The summed E-state index contributed by atoms with van der Waals surface area (Å²) in [6, 6.07) is 23.2. The molecule has 0 saturated heterocycles. The number of hydrogen-bond acceptors (Lipinski definition) is 5. The summed E-state index contributed by atoms with van der Waals surface area (Å²) in [5.41, 5.74) is 2.67. The highest BCUT2D eigenvalue weighted by molar-refractivity contribution is 6.32. The molecule has 0 bridgehead atoms. The van der Waals surface area contributed by atoms with E-state index in [4.69, 9.17) is 20.8 Å². The maximum Gasteiger partial charge on any atom is 0.291 e. The lowest BCUT2D eigenvalue weighted by Crippen LogP contribution is -2.29. The molecule has 7 heteroatoms. The smallest absolute Gasteiger partial charge is 0.291 e. The number of hydrogen-bond donors (Lipinski definition) is 0. The average molecular weight is 509 g/mol. The van der Waals surface area contributed by atoms with Crippen LogP contribution in [0.15, 0.2) is 100 Å². The molecule has 1 unspecified atom stereocenters. The quantitative estimate of drug-likeness (QED) is 0.264. The van der Waals surface area contributed by atoms with Crippen molar-refractivity contribution in [1.29, 1.82) is 0 Å². The van der Waals surface area contributed by atoms with Gasteiger partial charge in [0.05, 0.1) is 17.0 Å². The maximum atomic E-state index is 13.8. The van der Waals surface area contributed by atoms with E-state index in [2.05, 4.69) is 4.98 Å². The van der Waals surface area contributed by atoms with Crippen molar-refractivity contribution in [1.82, 2.24) is 9.88 Å². The first-order chi connectivity index (χ1) is 18.0. The topological polar surface area (TPSA) is 72.6 Å². The Labute approximate surface area is 217 Å². The van der Waals surface area contributed by atoms with Crippen LogP contribution in [0, 0.1) is 6.92 Å². The molecule has 1 amide bonds. The number of aryl methyl sites for hydroxylation is 1. The Morgan fingerprint density at radius 2 is 1.78 bits per heavy atom. The molecule has 1 atom stereocenters. The minimum Gasteiger partial charge on any atom is -0.457 e. The third kappa shape index (κ3) is 4.15. The van der Waals surface area contributed by atoms with E-state index in [9.17, 15) is 9.59 Å². The first kappa shape index (κ1) is 23.0. The zero-order valence-electron chi connectivity index (χ0n) is 19.9. The van der Waals surface area contributed by atoms with Gasteiger partial charge in [-0.15, -0.1) is 0 Å². The van der Waals surface area contributed by atoms with Gasteiger partial charge in [0.15, 0.2) is 5.43 Å². The molecular formula is C30H21ClN2O4. The molecule has 37 heavy (non-hydrogen) atoms. The van der Waals surface area contributed by atoms with Crippen LogP contribution in [0.1, 0.15) is 38.9 Å². The van der Waals surface area contributed by atoms with Gasteiger partial charge in [0.25, 0.3) is 5.91 Å². The predicted octanol–water partition coefficient (Wildman–Crippen LogP) is 6.69. The molecule has 0 N–H and O–H groups in total. The number of nitrogens with zero attached hydrogens (tertiary/aromatic N) is 2. The van der Waals surface area contributed by atoms with Crippen molar-refractivity contribution in [3.05, 3.63) is 135 Å². The first-order valence-corrected chi connectivity index (χ1v) is 12.2. The van der Waals surface area contributed by atoms with Crippen LogP contribution in [0.4, 0.5) is 0 Å². The molecule has 6 nitrogen and oxygen atoms in total. The number of rotatable bonds is 5. The lowest BCUT2D eigenvalue weighted by Gasteiger charge is -2.25. The normalized spacial score (nSPS) is 14.7. The Bertz CT molecular complexity index is 1700. The summed E-state index contributed by atoms with van der Waals surface area (Å²) >= 11 is 6.35. The molecule has 1 aliphatic heterocycles. The van der Waals surface area contributed by atoms with E-state index in [1.165, 1.54) is 0 Å².